The summed E-state index contributed by atoms with van der Waals surface area (Å²) in [5.41, 5.74) is 10.5. The van der Waals surface area contributed by atoms with Crippen molar-refractivity contribution in [3.63, 3.8) is 0 Å². The van der Waals surface area contributed by atoms with Crippen molar-refractivity contribution in [3.05, 3.63) is 157 Å². The van der Waals surface area contributed by atoms with Crippen LogP contribution >= 0.6 is 0 Å². The molecule has 56 heavy (non-hydrogen) atoms. The molecule has 2 aliphatic carbocycles. The van der Waals surface area contributed by atoms with E-state index in [1.54, 1.807) is 0 Å². The molecule has 2 unspecified atom stereocenters. The maximum absolute atomic E-state index is 9.79. The molecule has 10 rings (SSSR count). The Kier molecular flexibility index (Phi) is 8.37. The smallest absolute Gasteiger partial charge is 0.164 e. The zero-order valence-corrected chi connectivity index (χ0v) is 31.9. The Morgan fingerprint density at radius 3 is 1.82 bits per heavy atom. The summed E-state index contributed by atoms with van der Waals surface area (Å²) >= 11 is 0. The SMILES string of the molecule is CC1C[C@@H]2C[C@H](C)CC(c3ccc(-c4ccccc4-c4nc(-c5ccccc5)nc(-c5ccc6c7ccc(C#N)cc7n(-c7ccccc7)c6c5)n4)cc3)(C1)C2. The van der Waals surface area contributed by atoms with Gasteiger partial charge in [0.15, 0.2) is 17.5 Å². The number of aromatic nitrogens is 4. The first-order valence-electron chi connectivity index (χ1n) is 20.0. The molecule has 5 heteroatoms. The molecular formula is C51H43N5. The highest BCUT2D eigenvalue weighted by Gasteiger charge is 2.45. The van der Waals surface area contributed by atoms with Crippen molar-refractivity contribution >= 4 is 21.8 Å². The predicted octanol–water partition coefficient (Wildman–Crippen LogP) is 12.6. The average molecular weight is 726 g/mol. The maximum Gasteiger partial charge on any atom is 0.164 e. The van der Waals surface area contributed by atoms with Crippen LogP contribution < -0.4 is 0 Å². The van der Waals surface area contributed by atoms with Gasteiger partial charge in [0.2, 0.25) is 0 Å². The van der Waals surface area contributed by atoms with Crippen molar-refractivity contribution in [2.45, 2.75) is 51.4 Å². The number of hydrogen-bond donors (Lipinski definition) is 0. The fourth-order valence-corrected chi connectivity index (χ4v) is 10.4. The van der Waals surface area contributed by atoms with E-state index >= 15 is 0 Å². The van der Waals surface area contributed by atoms with Crippen LogP contribution in [0, 0.1) is 29.1 Å². The van der Waals surface area contributed by atoms with Gasteiger partial charge in [0.1, 0.15) is 0 Å². The highest BCUT2D eigenvalue weighted by atomic mass is 15.0. The van der Waals surface area contributed by atoms with Gasteiger partial charge in [-0.25, -0.2) is 15.0 Å². The van der Waals surface area contributed by atoms with Gasteiger partial charge in [-0.1, -0.05) is 129 Å². The van der Waals surface area contributed by atoms with Crippen LogP contribution in [0.2, 0.25) is 0 Å². The standard InChI is InChI=1S/C51H43N5/c1-33-25-36-26-34(2)30-51(29-33,31-36)40-21-18-37(19-22-40)42-15-9-10-16-45(42)50-54-48(38-11-5-3-6-12-38)53-49(55-50)39-20-24-44-43-23-17-35(32-52)27-46(43)56(47(44)28-39)41-13-7-4-8-14-41/h3-24,27-28,33-34,36H,25-26,29-31H2,1-2H3/t33-,34?,36-,51?/m0/s1. The molecule has 0 radical (unpaired) electrons. The Morgan fingerprint density at radius 2 is 1.12 bits per heavy atom. The fraction of sp³-hybridized carbons (Fsp3) is 0.216. The number of benzene rings is 6. The minimum Gasteiger partial charge on any atom is -0.309 e. The summed E-state index contributed by atoms with van der Waals surface area (Å²) in [6.45, 7) is 4.92. The second kappa shape index (κ2) is 13.7. The van der Waals surface area contributed by atoms with E-state index in [0.717, 1.165) is 67.5 Å². The van der Waals surface area contributed by atoms with Gasteiger partial charge < -0.3 is 4.57 Å². The Morgan fingerprint density at radius 1 is 0.554 bits per heavy atom. The van der Waals surface area contributed by atoms with Crippen LogP contribution in [0.1, 0.15) is 57.1 Å². The van der Waals surface area contributed by atoms with Gasteiger partial charge >= 0.3 is 0 Å². The first kappa shape index (κ1) is 34.1. The lowest BCUT2D eigenvalue weighted by Crippen LogP contribution is -2.42. The van der Waals surface area contributed by atoms with Crippen molar-refractivity contribution in [2.24, 2.45) is 17.8 Å². The largest absolute Gasteiger partial charge is 0.309 e. The van der Waals surface area contributed by atoms with Gasteiger partial charge in [0, 0.05) is 33.2 Å². The number of nitriles is 1. The molecule has 2 aliphatic rings. The second-order valence-electron chi connectivity index (χ2n) is 16.5. The number of rotatable bonds is 6. The Hall–Kier alpha value is -6.38. The molecule has 0 spiro atoms. The normalized spacial score (nSPS) is 20.6. The van der Waals surface area contributed by atoms with Gasteiger partial charge in [0.25, 0.3) is 0 Å². The molecule has 2 saturated carbocycles. The number of hydrogen-bond acceptors (Lipinski definition) is 4. The van der Waals surface area contributed by atoms with Crippen LogP contribution in [0.4, 0.5) is 0 Å². The van der Waals surface area contributed by atoms with Crippen LogP contribution in [0.3, 0.4) is 0 Å². The quantitative estimate of drug-likeness (QED) is 0.171. The lowest BCUT2D eigenvalue weighted by Gasteiger charge is -2.50. The molecule has 2 bridgehead atoms. The van der Waals surface area contributed by atoms with Gasteiger partial charge in [-0.2, -0.15) is 5.26 Å². The molecule has 5 nitrogen and oxygen atoms in total. The molecule has 8 aromatic rings. The summed E-state index contributed by atoms with van der Waals surface area (Å²) in [6, 6.07) is 53.1. The van der Waals surface area contributed by atoms with E-state index in [4.69, 9.17) is 15.0 Å². The van der Waals surface area contributed by atoms with Gasteiger partial charge in [-0.3, -0.25) is 0 Å². The third-order valence-electron chi connectivity index (χ3n) is 12.4. The molecule has 0 saturated heterocycles. The van der Waals surface area contributed by atoms with Gasteiger partial charge in [0.05, 0.1) is 22.7 Å². The average Bonchev–Trinajstić information content (AvgIpc) is 3.56. The summed E-state index contributed by atoms with van der Waals surface area (Å²) in [7, 11) is 0. The van der Waals surface area contributed by atoms with Crippen LogP contribution in [-0.4, -0.2) is 19.5 Å². The van der Waals surface area contributed by atoms with E-state index in [1.807, 2.05) is 48.5 Å². The molecule has 0 aliphatic heterocycles. The summed E-state index contributed by atoms with van der Waals surface area (Å²) in [4.78, 5) is 15.5. The van der Waals surface area contributed by atoms with Crippen molar-refractivity contribution in [1.29, 1.82) is 5.26 Å². The third kappa shape index (κ3) is 5.97. The highest BCUT2D eigenvalue weighted by Crippen LogP contribution is 2.54. The van der Waals surface area contributed by atoms with Crippen molar-refractivity contribution in [1.82, 2.24) is 19.5 Å². The molecular weight excluding hydrogens is 683 g/mol. The lowest BCUT2D eigenvalue weighted by atomic mass is 9.54. The van der Waals surface area contributed by atoms with E-state index in [-0.39, 0.29) is 5.41 Å². The van der Waals surface area contributed by atoms with E-state index in [9.17, 15) is 5.26 Å². The predicted molar refractivity (Wildman–Crippen MR) is 227 cm³/mol. The van der Waals surface area contributed by atoms with E-state index in [2.05, 4.69) is 122 Å². The van der Waals surface area contributed by atoms with Crippen molar-refractivity contribution in [3.8, 4) is 57.0 Å². The molecule has 272 valence electrons. The zero-order valence-electron chi connectivity index (χ0n) is 31.9. The first-order valence-corrected chi connectivity index (χ1v) is 20.0. The van der Waals surface area contributed by atoms with E-state index in [1.165, 1.54) is 43.2 Å². The summed E-state index contributed by atoms with van der Waals surface area (Å²) in [6.07, 6.45) is 6.66. The van der Waals surface area contributed by atoms with Crippen LogP contribution in [-0.2, 0) is 5.41 Å². The molecule has 2 heterocycles. The minimum atomic E-state index is 0.289. The Balaban J connectivity index is 1.11. The monoisotopic (exact) mass is 725 g/mol. The summed E-state index contributed by atoms with van der Waals surface area (Å²) < 4.78 is 2.23. The van der Waals surface area contributed by atoms with E-state index < -0.39 is 0 Å². The van der Waals surface area contributed by atoms with Gasteiger partial charge in [-0.15, -0.1) is 0 Å². The lowest BCUT2D eigenvalue weighted by molar-refractivity contribution is 0.0780. The number of nitrogens with zero attached hydrogens (tertiary/aromatic N) is 5. The molecule has 0 amide bonds. The summed E-state index contributed by atoms with van der Waals surface area (Å²) in [5.74, 6) is 4.27. The zero-order chi connectivity index (χ0) is 37.8. The molecule has 4 atom stereocenters. The van der Waals surface area contributed by atoms with E-state index in [0.29, 0.717) is 23.0 Å². The number of fused-ring (bicyclic) bond motifs is 5. The number of para-hydroxylation sites is 1. The third-order valence-corrected chi connectivity index (χ3v) is 12.4. The van der Waals surface area contributed by atoms with Crippen molar-refractivity contribution < 1.29 is 0 Å². The highest BCUT2D eigenvalue weighted by molar-refractivity contribution is 6.10. The molecule has 2 fully saturated rings. The topological polar surface area (TPSA) is 67.4 Å². The van der Waals surface area contributed by atoms with Crippen LogP contribution in [0.25, 0.3) is 72.8 Å². The second-order valence-corrected chi connectivity index (χ2v) is 16.5. The molecule has 6 aromatic carbocycles. The minimum absolute atomic E-state index is 0.289. The molecule has 2 aromatic heterocycles. The van der Waals surface area contributed by atoms with Crippen LogP contribution in [0.5, 0.6) is 0 Å². The fourth-order valence-electron chi connectivity index (χ4n) is 10.4. The Bertz CT molecular complexity index is 2760. The van der Waals surface area contributed by atoms with Crippen molar-refractivity contribution in [2.75, 3.05) is 0 Å². The summed E-state index contributed by atoms with van der Waals surface area (Å²) in [5, 5.41) is 12.0. The van der Waals surface area contributed by atoms with Crippen LogP contribution in [0.15, 0.2) is 146 Å². The first-order chi connectivity index (χ1) is 27.4. The van der Waals surface area contributed by atoms with Gasteiger partial charge in [-0.05, 0) is 102 Å². The molecule has 0 N–H and O–H groups in total. The Labute approximate surface area is 328 Å². The maximum atomic E-state index is 9.79.